The second-order valence-electron chi connectivity index (χ2n) is 6.68. The second kappa shape index (κ2) is 8.49. The third-order valence-electron chi connectivity index (χ3n) is 4.47. The van der Waals surface area contributed by atoms with Crippen molar-refractivity contribution in [3.05, 3.63) is 83.4 Å². The monoisotopic (exact) mass is 439 g/mol. The molecule has 0 saturated carbocycles. The highest BCUT2D eigenvalue weighted by Crippen LogP contribution is 2.30. The van der Waals surface area contributed by atoms with Crippen molar-refractivity contribution in [1.82, 2.24) is 14.3 Å². The number of rotatable bonds is 7. The summed E-state index contributed by atoms with van der Waals surface area (Å²) in [5.41, 5.74) is -0.255. The zero-order chi connectivity index (χ0) is 21.9. The minimum Gasteiger partial charge on any atom is -0.497 e. The van der Waals surface area contributed by atoms with E-state index >= 15 is 0 Å². The number of methoxy groups -OCH3 is 1. The molecule has 0 bridgehead atoms. The molecule has 0 aliphatic heterocycles. The Hall–Kier alpha value is -2.85. The quantitative estimate of drug-likeness (QED) is 0.610. The molecule has 0 fully saturated rings. The lowest BCUT2D eigenvalue weighted by atomic mass is 10.1. The molecule has 0 saturated heterocycles. The highest BCUT2D eigenvalue weighted by Gasteiger charge is 2.31. The number of imidazole rings is 1. The van der Waals surface area contributed by atoms with E-state index in [2.05, 4.69) is 9.71 Å². The number of aromatic nitrogens is 2. The van der Waals surface area contributed by atoms with Gasteiger partial charge in [-0.2, -0.15) is 17.9 Å². The maximum atomic E-state index is 12.9. The molecule has 0 radical (unpaired) electrons. The van der Waals surface area contributed by atoms with Crippen molar-refractivity contribution in [2.75, 3.05) is 7.11 Å². The van der Waals surface area contributed by atoms with Crippen molar-refractivity contribution in [2.24, 2.45) is 7.05 Å². The lowest BCUT2D eigenvalue weighted by Gasteiger charge is -2.20. The predicted octanol–water partition coefficient (Wildman–Crippen LogP) is 3.66. The third kappa shape index (κ3) is 5.19. The third-order valence-corrected chi connectivity index (χ3v) is 5.78. The smallest absolute Gasteiger partial charge is 0.416 e. The molecule has 160 valence electrons. The van der Waals surface area contributed by atoms with Crippen LogP contribution in [0.5, 0.6) is 5.75 Å². The largest absolute Gasteiger partial charge is 0.497 e. The zero-order valence-corrected chi connectivity index (χ0v) is 17.0. The zero-order valence-electron chi connectivity index (χ0n) is 16.2. The summed E-state index contributed by atoms with van der Waals surface area (Å²) in [5.74, 6) is 0.436. The van der Waals surface area contributed by atoms with E-state index in [1.807, 2.05) is 0 Å². The first-order valence-electron chi connectivity index (χ1n) is 8.86. The van der Waals surface area contributed by atoms with Gasteiger partial charge in [0.1, 0.15) is 17.6 Å². The molecule has 1 aromatic heterocycles. The fourth-order valence-electron chi connectivity index (χ4n) is 3.00. The lowest BCUT2D eigenvalue weighted by Crippen LogP contribution is -2.32. The van der Waals surface area contributed by atoms with Crippen molar-refractivity contribution in [3.63, 3.8) is 0 Å². The van der Waals surface area contributed by atoms with Gasteiger partial charge < -0.3 is 9.30 Å². The summed E-state index contributed by atoms with van der Waals surface area (Å²) in [4.78, 5) is 4.23. The molecule has 0 amide bonds. The van der Waals surface area contributed by atoms with Gasteiger partial charge in [0.15, 0.2) is 0 Å². The van der Waals surface area contributed by atoms with Crippen molar-refractivity contribution in [1.29, 1.82) is 0 Å². The first-order valence-corrected chi connectivity index (χ1v) is 10.5. The van der Waals surface area contributed by atoms with Crippen molar-refractivity contribution in [2.45, 2.75) is 18.0 Å². The summed E-state index contributed by atoms with van der Waals surface area (Å²) in [6.45, 7) is 0. The van der Waals surface area contributed by atoms with E-state index in [9.17, 15) is 21.6 Å². The second-order valence-corrected chi connectivity index (χ2v) is 8.43. The van der Waals surface area contributed by atoms with Crippen LogP contribution in [-0.2, 0) is 29.0 Å². The van der Waals surface area contributed by atoms with Crippen LogP contribution in [0.3, 0.4) is 0 Å². The Balaban J connectivity index is 1.91. The molecule has 30 heavy (non-hydrogen) atoms. The molecule has 1 unspecified atom stereocenters. The molecule has 6 nitrogen and oxygen atoms in total. The number of sulfonamides is 1. The summed E-state index contributed by atoms with van der Waals surface area (Å²) >= 11 is 0. The molecule has 2 aromatic carbocycles. The van der Waals surface area contributed by atoms with Crippen LogP contribution in [0.15, 0.2) is 60.9 Å². The number of hydrogen-bond acceptors (Lipinski definition) is 4. The summed E-state index contributed by atoms with van der Waals surface area (Å²) in [5, 5.41) is 0. The van der Waals surface area contributed by atoms with Gasteiger partial charge in [-0.1, -0.05) is 30.3 Å². The van der Waals surface area contributed by atoms with E-state index < -0.39 is 33.6 Å². The van der Waals surface area contributed by atoms with Crippen LogP contribution < -0.4 is 9.46 Å². The SMILES string of the molecule is COc1ccc(C(NS(=O)(=O)Cc2cccc(C(F)(F)F)c2)c2nccn2C)cc1. The van der Waals surface area contributed by atoms with Gasteiger partial charge in [0.2, 0.25) is 10.0 Å². The number of benzene rings is 2. The summed E-state index contributed by atoms with van der Waals surface area (Å²) in [6.07, 6.45) is -1.34. The molecule has 1 atom stereocenters. The molecule has 3 rings (SSSR count). The Morgan fingerprint density at radius 1 is 1.17 bits per heavy atom. The van der Waals surface area contributed by atoms with Crippen molar-refractivity contribution in [3.8, 4) is 5.75 Å². The fourth-order valence-corrected chi connectivity index (χ4v) is 4.30. The highest BCUT2D eigenvalue weighted by atomic mass is 32.2. The van der Waals surface area contributed by atoms with Crippen LogP contribution >= 0.6 is 0 Å². The standard InChI is InChI=1S/C20H20F3N3O3S/c1-26-11-10-24-19(26)18(15-6-8-17(29-2)9-7-15)25-30(27,28)13-14-4-3-5-16(12-14)20(21,22)23/h3-12,18,25H,13H2,1-2H3. The highest BCUT2D eigenvalue weighted by molar-refractivity contribution is 7.88. The van der Waals surface area contributed by atoms with Crippen LogP contribution in [0.2, 0.25) is 0 Å². The lowest BCUT2D eigenvalue weighted by molar-refractivity contribution is -0.137. The molecule has 0 aliphatic rings. The fraction of sp³-hybridized carbons (Fsp3) is 0.250. The molecular formula is C20H20F3N3O3S. The van der Waals surface area contributed by atoms with Gasteiger partial charge in [-0.3, -0.25) is 0 Å². The average Bonchev–Trinajstić information content (AvgIpc) is 3.11. The molecule has 1 N–H and O–H groups in total. The van der Waals surface area contributed by atoms with Gasteiger partial charge in [-0.25, -0.2) is 13.4 Å². The van der Waals surface area contributed by atoms with Gasteiger partial charge in [0.25, 0.3) is 0 Å². The van der Waals surface area contributed by atoms with Gasteiger partial charge in [0, 0.05) is 19.4 Å². The molecule has 3 aromatic rings. The Labute approximate surface area is 172 Å². The van der Waals surface area contributed by atoms with E-state index in [1.165, 1.54) is 25.4 Å². The minimum absolute atomic E-state index is 0.0330. The van der Waals surface area contributed by atoms with Crippen LogP contribution in [0, 0.1) is 0 Å². The Kier molecular flexibility index (Phi) is 6.18. The van der Waals surface area contributed by atoms with Crippen LogP contribution in [0.1, 0.15) is 28.6 Å². The van der Waals surface area contributed by atoms with Crippen LogP contribution in [0.25, 0.3) is 0 Å². The summed E-state index contributed by atoms with van der Waals surface area (Å²) in [6, 6.07) is 10.2. The van der Waals surface area contributed by atoms with Gasteiger partial charge in [-0.15, -0.1) is 0 Å². The molecular weight excluding hydrogens is 419 g/mol. The van der Waals surface area contributed by atoms with E-state index in [4.69, 9.17) is 4.74 Å². The van der Waals surface area contributed by atoms with E-state index in [1.54, 1.807) is 42.1 Å². The maximum absolute atomic E-state index is 12.9. The Morgan fingerprint density at radius 3 is 2.43 bits per heavy atom. The maximum Gasteiger partial charge on any atom is 0.416 e. The molecule has 1 heterocycles. The normalized spacial score (nSPS) is 13.2. The number of nitrogens with zero attached hydrogens (tertiary/aromatic N) is 2. The van der Waals surface area contributed by atoms with E-state index in [0.29, 0.717) is 17.1 Å². The Morgan fingerprint density at radius 2 is 1.87 bits per heavy atom. The molecule has 10 heteroatoms. The number of halogens is 3. The summed E-state index contributed by atoms with van der Waals surface area (Å²) < 4.78 is 73.8. The van der Waals surface area contributed by atoms with Gasteiger partial charge in [-0.05, 0) is 29.3 Å². The minimum atomic E-state index is -4.55. The van der Waals surface area contributed by atoms with Crippen molar-refractivity contribution < 1.29 is 26.3 Å². The number of nitrogens with one attached hydrogen (secondary N) is 1. The number of hydrogen-bond donors (Lipinski definition) is 1. The van der Waals surface area contributed by atoms with Gasteiger partial charge >= 0.3 is 6.18 Å². The topological polar surface area (TPSA) is 73.2 Å². The number of alkyl halides is 3. The van der Waals surface area contributed by atoms with Crippen LogP contribution in [0.4, 0.5) is 13.2 Å². The average molecular weight is 439 g/mol. The van der Waals surface area contributed by atoms with Crippen LogP contribution in [-0.4, -0.2) is 25.1 Å². The first-order chi connectivity index (χ1) is 14.1. The van der Waals surface area contributed by atoms with Crippen molar-refractivity contribution >= 4 is 10.0 Å². The van der Waals surface area contributed by atoms with E-state index in [-0.39, 0.29) is 5.56 Å². The number of ether oxygens (including phenoxy) is 1. The molecule has 0 spiro atoms. The Bertz CT molecular complexity index is 1110. The predicted molar refractivity (Wildman–Crippen MR) is 105 cm³/mol. The van der Waals surface area contributed by atoms with E-state index in [0.717, 1.165) is 12.1 Å². The number of aryl methyl sites for hydroxylation is 1. The molecule has 0 aliphatic carbocycles. The summed E-state index contributed by atoms with van der Waals surface area (Å²) in [7, 11) is -0.766. The first kappa shape index (κ1) is 21.8. The van der Waals surface area contributed by atoms with Gasteiger partial charge in [0.05, 0.1) is 18.4 Å².